The largest absolute Gasteiger partial charge is 4.00 e. The van der Waals surface area contributed by atoms with Crippen molar-refractivity contribution in [3.05, 3.63) is 28.7 Å². The second kappa shape index (κ2) is 24.1. The standard InChI is InChI=1S/2C5H12N.2CH3.Ti/c2*1-4-5-6(2)3;;;/h2*1,4-5H2,2-3H3;2*1H3;/q4*-1;+4. The Balaban J connectivity index is -0.0000000370. The zero-order valence-corrected chi connectivity index (χ0v) is 13.2. The van der Waals surface area contributed by atoms with E-state index in [1.807, 2.05) is 28.2 Å². The van der Waals surface area contributed by atoms with Crippen LogP contribution < -0.4 is 0 Å². The minimum Gasteiger partial charge on any atom is -0.358 e. The molecule has 0 heterocycles. The van der Waals surface area contributed by atoms with Gasteiger partial charge in [0, 0.05) is 0 Å². The maximum Gasteiger partial charge on any atom is 4.00 e. The summed E-state index contributed by atoms with van der Waals surface area (Å²) >= 11 is 0. The molecule has 0 aliphatic carbocycles. The summed E-state index contributed by atoms with van der Waals surface area (Å²) < 4.78 is 0. The van der Waals surface area contributed by atoms with E-state index in [9.17, 15) is 0 Å². The van der Waals surface area contributed by atoms with Crippen LogP contribution in [0.5, 0.6) is 0 Å². The van der Waals surface area contributed by atoms with Gasteiger partial charge in [0.1, 0.15) is 0 Å². The molecule has 0 saturated heterocycles. The minimum absolute atomic E-state index is 0. The van der Waals surface area contributed by atoms with E-state index in [-0.39, 0.29) is 36.6 Å². The van der Waals surface area contributed by atoms with Crippen LogP contribution in [-0.2, 0) is 21.7 Å². The number of nitrogens with zero attached hydrogens (tertiary/aromatic N) is 2. The van der Waals surface area contributed by atoms with Gasteiger partial charge in [-0.05, 0) is 41.3 Å². The van der Waals surface area contributed by atoms with Crippen LogP contribution in [0.25, 0.3) is 0 Å². The van der Waals surface area contributed by atoms with Crippen molar-refractivity contribution in [1.29, 1.82) is 0 Å². The molecule has 0 fully saturated rings. The van der Waals surface area contributed by atoms with Gasteiger partial charge in [-0.2, -0.15) is 12.8 Å². The van der Waals surface area contributed by atoms with Crippen LogP contribution in [0.15, 0.2) is 0 Å². The summed E-state index contributed by atoms with van der Waals surface area (Å²) in [6.45, 7) is 9.56. The van der Waals surface area contributed by atoms with E-state index in [2.05, 4.69) is 23.6 Å². The molecule has 3 heteroatoms. The first-order valence-corrected chi connectivity index (χ1v) is 4.42. The van der Waals surface area contributed by atoms with Crippen molar-refractivity contribution in [3.63, 3.8) is 0 Å². The van der Waals surface area contributed by atoms with Gasteiger partial charge in [0.15, 0.2) is 0 Å². The van der Waals surface area contributed by atoms with Crippen LogP contribution in [0.4, 0.5) is 0 Å². The Hall–Kier alpha value is 0.634. The monoisotopic (exact) mass is 250 g/mol. The van der Waals surface area contributed by atoms with Crippen LogP contribution in [0.1, 0.15) is 12.8 Å². The predicted molar refractivity (Wildman–Crippen MR) is 69.9 cm³/mol. The Morgan fingerprint density at radius 2 is 0.933 bits per heavy atom. The molecular weight excluding hydrogens is 220 g/mol. The van der Waals surface area contributed by atoms with E-state index >= 15 is 0 Å². The van der Waals surface area contributed by atoms with Gasteiger partial charge in [0.25, 0.3) is 0 Å². The van der Waals surface area contributed by atoms with Crippen LogP contribution in [0, 0.1) is 28.7 Å². The zero-order valence-electron chi connectivity index (χ0n) is 11.6. The third-order valence-electron chi connectivity index (χ3n) is 1.21. The fourth-order valence-corrected chi connectivity index (χ4v) is 0.632. The summed E-state index contributed by atoms with van der Waals surface area (Å²) in [5.41, 5.74) is 0. The molecule has 0 unspecified atom stereocenters. The van der Waals surface area contributed by atoms with Crippen molar-refractivity contribution in [3.8, 4) is 0 Å². The summed E-state index contributed by atoms with van der Waals surface area (Å²) in [4.78, 5) is 4.24. The first kappa shape index (κ1) is 29.6. The summed E-state index contributed by atoms with van der Waals surface area (Å²) in [6, 6.07) is 0. The van der Waals surface area contributed by atoms with Gasteiger partial charge in [-0.1, -0.05) is 0 Å². The van der Waals surface area contributed by atoms with Gasteiger partial charge in [-0.15, -0.1) is 0 Å². The SMILES string of the molecule is [CH2-]CCN(C)C.[CH2-]CCN(C)C.[CH3-].[CH3-].[Ti+4]. The molecular formula is C12H30N2Ti. The average Bonchev–Trinajstić information content (AvgIpc) is 1.87. The Morgan fingerprint density at radius 1 is 0.733 bits per heavy atom. The van der Waals surface area contributed by atoms with E-state index in [0.717, 1.165) is 25.9 Å². The van der Waals surface area contributed by atoms with Gasteiger partial charge < -0.3 is 38.5 Å². The molecule has 0 aromatic carbocycles. The van der Waals surface area contributed by atoms with E-state index in [4.69, 9.17) is 0 Å². The third kappa shape index (κ3) is 53.1. The molecule has 0 saturated carbocycles. The molecule has 0 rings (SSSR count). The molecule has 0 spiro atoms. The Bertz CT molecular complexity index is 66.0. The molecule has 0 atom stereocenters. The molecule has 15 heavy (non-hydrogen) atoms. The molecule has 0 aliphatic heterocycles. The van der Waals surface area contributed by atoms with Crippen molar-refractivity contribution in [1.82, 2.24) is 9.80 Å². The quantitative estimate of drug-likeness (QED) is 0.558. The number of hydrogen-bond donors (Lipinski definition) is 0. The van der Waals surface area contributed by atoms with E-state index in [1.165, 1.54) is 0 Å². The summed E-state index contributed by atoms with van der Waals surface area (Å²) in [6.07, 6.45) is 2.01. The predicted octanol–water partition coefficient (Wildman–Crippen LogP) is 2.44. The van der Waals surface area contributed by atoms with Gasteiger partial charge in [-0.3, -0.25) is 0 Å². The molecule has 0 N–H and O–H groups in total. The van der Waals surface area contributed by atoms with Crippen LogP contribution >= 0.6 is 0 Å². The Kier molecular flexibility index (Phi) is 47.5. The Labute approximate surface area is 114 Å². The van der Waals surface area contributed by atoms with Gasteiger partial charge in [0.2, 0.25) is 0 Å². The van der Waals surface area contributed by atoms with Gasteiger partial charge in [0.05, 0.1) is 0 Å². The maximum absolute atomic E-state index is 3.68. The van der Waals surface area contributed by atoms with E-state index in [1.54, 1.807) is 0 Å². The number of rotatable bonds is 4. The summed E-state index contributed by atoms with van der Waals surface area (Å²) in [5.74, 6) is 0. The molecule has 0 aromatic rings. The average molecular weight is 250 g/mol. The summed E-state index contributed by atoms with van der Waals surface area (Å²) in [7, 11) is 8.19. The molecule has 92 valence electrons. The van der Waals surface area contributed by atoms with Crippen molar-refractivity contribution in [2.75, 3.05) is 41.3 Å². The molecule has 0 aromatic heterocycles. The molecule has 0 bridgehead atoms. The summed E-state index contributed by atoms with van der Waals surface area (Å²) in [5, 5.41) is 0. The first-order chi connectivity index (χ1) is 5.54. The van der Waals surface area contributed by atoms with Crippen molar-refractivity contribution in [2.45, 2.75) is 12.8 Å². The minimum atomic E-state index is 0. The van der Waals surface area contributed by atoms with Crippen LogP contribution in [0.2, 0.25) is 0 Å². The molecule has 2 nitrogen and oxygen atoms in total. The number of hydrogen-bond acceptors (Lipinski definition) is 2. The normalized spacial score (nSPS) is 8.00. The molecule has 0 radical (unpaired) electrons. The zero-order chi connectivity index (χ0) is 9.98. The van der Waals surface area contributed by atoms with Crippen LogP contribution in [0.3, 0.4) is 0 Å². The van der Waals surface area contributed by atoms with Crippen molar-refractivity contribution in [2.24, 2.45) is 0 Å². The second-order valence-electron chi connectivity index (χ2n) is 3.31. The van der Waals surface area contributed by atoms with E-state index < -0.39 is 0 Å². The third-order valence-corrected chi connectivity index (χ3v) is 1.21. The maximum atomic E-state index is 3.68. The van der Waals surface area contributed by atoms with Gasteiger partial charge in [-0.25, -0.2) is 0 Å². The Morgan fingerprint density at radius 3 is 0.933 bits per heavy atom. The van der Waals surface area contributed by atoms with Crippen LogP contribution in [-0.4, -0.2) is 51.1 Å². The topological polar surface area (TPSA) is 6.48 Å². The van der Waals surface area contributed by atoms with Gasteiger partial charge >= 0.3 is 21.7 Å². The second-order valence-corrected chi connectivity index (χ2v) is 3.31. The fourth-order valence-electron chi connectivity index (χ4n) is 0.632. The van der Waals surface area contributed by atoms with E-state index in [0.29, 0.717) is 0 Å². The molecule has 0 amide bonds. The van der Waals surface area contributed by atoms with Crippen molar-refractivity contribution >= 4 is 0 Å². The molecule has 0 aliphatic rings. The first-order valence-electron chi connectivity index (χ1n) is 4.42. The fraction of sp³-hybridized carbons (Fsp3) is 0.667. The smallest absolute Gasteiger partial charge is 0.358 e. The van der Waals surface area contributed by atoms with Crippen molar-refractivity contribution < 1.29 is 21.7 Å².